The van der Waals surface area contributed by atoms with Crippen molar-refractivity contribution in [3.05, 3.63) is 29.3 Å². The summed E-state index contributed by atoms with van der Waals surface area (Å²) in [5, 5.41) is 3.38. The molecule has 4 heteroatoms. The van der Waals surface area contributed by atoms with Gasteiger partial charge in [-0.15, -0.1) is 0 Å². The van der Waals surface area contributed by atoms with Crippen molar-refractivity contribution >= 4 is 11.6 Å². The van der Waals surface area contributed by atoms with Gasteiger partial charge in [-0.3, -0.25) is 0 Å². The molecule has 1 saturated carbocycles. The monoisotopic (exact) mass is 300 g/mol. The molecule has 1 aliphatic carbocycles. The van der Waals surface area contributed by atoms with Crippen LogP contribution in [-0.2, 0) is 13.0 Å². The number of hydrogen-bond donors (Lipinski definition) is 2. The summed E-state index contributed by atoms with van der Waals surface area (Å²) in [5.41, 5.74) is 10.1. The van der Waals surface area contributed by atoms with Crippen molar-refractivity contribution in [1.82, 2.24) is 5.32 Å². The number of nitrogens with zero attached hydrogens (tertiary/aromatic N) is 2. The molecule has 0 amide bonds. The van der Waals surface area contributed by atoms with Crippen molar-refractivity contribution in [1.29, 1.82) is 0 Å². The Bertz CT molecular complexity index is 532. The largest absolute Gasteiger partial charge is 0.374 e. The summed E-state index contributed by atoms with van der Waals surface area (Å²) in [6.45, 7) is 1.82. The van der Waals surface area contributed by atoms with Gasteiger partial charge < -0.3 is 16.0 Å². The number of guanidine groups is 1. The highest BCUT2D eigenvalue weighted by Gasteiger charge is 2.14. The van der Waals surface area contributed by atoms with Gasteiger partial charge in [0.25, 0.3) is 0 Å². The quantitative estimate of drug-likeness (QED) is 0.666. The number of aryl methyl sites for hydroxylation is 1. The van der Waals surface area contributed by atoms with Crippen LogP contribution in [-0.4, -0.2) is 25.6 Å². The van der Waals surface area contributed by atoms with Crippen LogP contribution in [0.5, 0.6) is 0 Å². The summed E-state index contributed by atoms with van der Waals surface area (Å²) in [7, 11) is 2.17. The molecule has 0 unspecified atom stereocenters. The molecule has 0 radical (unpaired) electrons. The van der Waals surface area contributed by atoms with Crippen molar-refractivity contribution in [3.63, 3.8) is 0 Å². The first-order valence-corrected chi connectivity index (χ1v) is 8.62. The third-order valence-electron chi connectivity index (χ3n) is 4.88. The summed E-state index contributed by atoms with van der Waals surface area (Å²) >= 11 is 0. The van der Waals surface area contributed by atoms with Crippen LogP contribution in [0, 0.1) is 0 Å². The van der Waals surface area contributed by atoms with E-state index in [1.54, 1.807) is 0 Å². The average Bonchev–Trinajstić information content (AvgIpc) is 2.54. The lowest BCUT2D eigenvalue weighted by atomic mass is 9.96. The van der Waals surface area contributed by atoms with E-state index in [0.29, 0.717) is 18.5 Å². The van der Waals surface area contributed by atoms with Crippen molar-refractivity contribution in [2.45, 2.75) is 57.5 Å². The fourth-order valence-corrected chi connectivity index (χ4v) is 3.62. The molecular weight excluding hydrogens is 272 g/mol. The highest BCUT2D eigenvalue weighted by atomic mass is 15.1. The molecule has 0 saturated heterocycles. The number of nitrogens with two attached hydrogens (primary N) is 1. The highest BCUT2D eigenvalue weighted by molar-refractivity contribution is 5.78. The first-order chi connectivity index (χ1) is 10.7. The molecule has 2 aliphatic rings. The molecule has 0 aromatic heterocycles. The van der Waals surface area contributed by atoms with E-state index in [1.165, 1.54) is 61.8 Å². The zero-order valence-electron chi connectivity index (χ0n) is 13.6. The first kappa shape index (κ1) is 15.2. The Labute approximate surface area is 133 Å². The second-order valence-corrected chi connectivity index (χ2v) is 6.67. The number of benzene rings is 1. The molecule has 3 N–H and O–H groups in total. The molecule has 1 aromatic rings. The van der Waals surface area contributed by atoms with Crippen LogP contribution in [0.3, 0.4) is 0 Å². The number of fused-ring (bicyclic) bond motifs is 1. The molecule has 1 aromatic carbocycles. The number of hydrogen-bond acceptors (Lipinski definition) is 2. The Kier molecular flexibility index (Phi) is 4.86. The minimum atomic E-state index is 0.523. The third-order valence-corrected chi connectivity index (χ3v) is 4.88. The lowest BCUT2D eigenvalue weighted by molar-refractivity contribution is 0.412. The average molecular weight is 300 g/mol. The van der Waals surface area contributed by atoms with E-state index in [2.05, 4.69) is 40.5 Å². The Balaban J connectivity index is 1.59. The fraction of sp³-hybridized carbons (Fsp3) is 0.611. The summed E-state index contributed by atoms with van der Waals surface area (Å²) < 4.78 is 0. The second-order valence-electron chi connectivity index (χ2n) is 6.67. The van der Waals surface area contributed by atoms with Gasteiger partial charge >= 0.3 is 0 Å². The molecule has 0 bridgehead atoms. The van der Waals surface area contributed by atoms with Crippen molar-refractivity contribution in [2.24, 2.45) is 10.7 Å². The number of nitrogens with one attached hydrogen (secondary N) is 1. The lowest BCUT2D eigenvalue weighted by Crippen LogP contribution is -2.41. The normalized spacial score (nSPS) is 19.9. The predicted octanol–water partition coefficient (Wildman–Crippen LogP) is 2.81. The SMILES string of the molecule is CN1CCCc2cc(CN=C(N)NC3CCCCC3)ccc21. The summed E-state index contributed by atoms with van der Waals surface area (Å²) in [4.78, 5) is 6.86. The third kappa shape index (κ3) is 3.73. The van der Waals surface area contributed by atoms with Crippen LogP contribution in [0.4, 0.5) is 5.69 Å². The highest BCUT2D eigenvalue weighted by Crippen LogP contribution is 2.27. The second kappa shape index (κ2) is 7.03. The topological polar surface area (TPSA) is 53.6 Å². The summed E-state index contributed by atoms with van der Waals surface area (Å²) in [5.74, 6) is 0.599. The summed E-state index contributed by atoms with van der Waals surface area (Å²) in [6, 6.07) is 7.22. The molecule has 1 heterocycles. The Morgan fingerprint density at radius 1 is 1.27 bits per heavy atom. The van der Waals surface area contributed by atoms with Gasteiger partial charge in [0.1, 0.15) is 0 Å². The van der Waals surface area contributed by atoms with Crippen molar-refractivity contribution in [3.8, 4) is 0 Å². The van der Waals surface area contributed by atoms with E-state index in [0.717, 1.165) is 6.54 Å². The number of anilines is 1. The van der Waals surface area contributed by atoms with E-state index >= 15 is 0 Å². The van der Waals surface area contributed by atoms with Gasteiger partial charge in [-0.05, 0) is 42.9 Å². The molecule has 1 fully saturated rings. The Morgan fingerprint density at radius 3 is 2.91 bits per heavy atom. The van der Waals surface area contributed by atoms with Crippen LogP contribution in [0.1, 0.15) is 49.7 Å². The van der Waals surface area contributed by atoms with Gasteiger partial charge in [-0.25, -0.2) is 4.99 Å². The van der Waals surface area contributed by atoms with Gasteiger partial charge in [0.2, 0.25) is 0 Å². The van der Waals surface area contributed by atoms with Crippen LogP contribution in [0.2, 0.25) is 0 Å². The molecule has 1 aliphatic heterocycles. The van der Waals surface area contributed by atoms with Crippen LogP contribution in [0.25, 0.3) is 0 Å². The van der Waals surface area contributed by atoms with Gasteiger partial charge in [-0.1, -0.05) is 31.4 Å². The Morgan fingerprint density at radius 2 is 2.09 bits per heavy atom. The minimum absolute atomic E-state index is 0.523. The molecule has 22 heavy (non-hydrogen) atoms. The van der Waals surface area contributed by atoms with Crippen LogP contribution in [0.15, 0.2) is 23.2 Å². The van der Waals surface area contributed by atoms with E-state index < -0.39 is 0 Å². The molecule has 0 spiro atoms. The molecule has 120 valence electrons. The number of aliphatic imine (C=N–C) groups is 1. The van der Waals surface area contributed by atoms with E-state index in [-0.39, 0.29) is 0 Å². The first-order valence-electron chi connectivity index (χ1n) is 8.62. The van der Waals surface area contributed by atoms with Crippen LogP contribution < -0.4 is 16.0 Å². The molecule has 4 nitrogen and oxygen atoms in total. The van der Waals surface area contributed by atoms with Gasteiger partial charge in [0, 0.05) is 25.3 Å². The summed E-state index contributed by atoms with van der Waals surface area (Å²) in [6.07, 6.45) is 8.84. The molecule has 0 atom stereocenters. The zero-order valence-corrected chi connectivity index (χ0v) is 13.6. The number of rotatable bonds is 3. The molecular formula is C18H28N4. The standard InChI is InChI=1S/C18H28N4/c1-22-11-5-6-15-12-14(9-10-17(15)22)13-20-18(19)21-16-7-3-2-4-8-16/h9-10,12,16H,2-8,11,13H2,1H3,(H3,19,20,21). The molecule has 3 rings (SSSR count). The smallest absolute Gasteiger partial charge is 0.189 e. The van der Waals surface area contributed by atoms with E-state index in [1.807, 2.05) is 0 Å². The minimum Gasteiger partial charge on any atom is -0.374 e. The van der Waals surface area contributed by atoms with Crippen molar-refractivity contribution < 1.29 is 0 Å². The van der Waals surface area contributed by atoms with Crippen LogP contribution >= 0.6 is 0 Å². The van der Waals surface area contributed by atoms with Crippen molar-refractivity contribution in [2.75, 3.05) is 18.5 Å². The van der Waals surface area contributed by atoms with E-state index in [9.17, 15) is 0 Å². The maximum Gasteiger partial charge on any atom is 0.189 e. The fourth-order valence-electron chi connectivity index (χ4n) is 3.62. The zero-order chi connectivity index (χ0) is 15.4. The van der Waals surface area contributed by atoms with Gasteiger partial charge in [0.15, 0.2) is 5.96 Å². The Hall–Kier alpha value is -1.71. The lowest BCUT2D eigenvalue weighted by Gasteiger charge is -2.27. The predicted molar refractivity (Wildman–Crippen MR) is 93.4 cm³/mol. The maximum atomic E-state index is 6.04. The maximum absolute atomic E-state index is 6.04. The van der Waals surface area contributed by atoms with Gasteiger partial charge in [-0.2, -0.15) is 0 Å². The van der Waals surface area contributed by atoms with Gasteiger partial charge in [0.05, 0.1) is 6.54 Å². The van der Waals surface area contributed by atoms with E-state index in [4.69, 9.17) is 5.73 Å².